The Morgan fingerprint density at radius 2 is 2.10 bits per heavy atom. The number of rotatable bonds is 4. The minimum absolute atomic E-state index is 0.0301. The topological polar surface area (TPSA) is 79.0 Å². The molecule has 2 aromatic rings. The average Bonchev–Trinajstić information content (AvgIpc) is 2.46. The van der Waals surface area contributed by atoms with Gasteiger partial charge in [-0.2, -0.15) is 5.26 Å². The van der Waals surface area contributed by atoms with E-state index in [-0.39, 0.29) is 17.8 Å². The highest BCUT2D eigenvalue weighted by Crippen LogP contribution is 2.25. The molecule has 0 aliphatic carbocycles. The molecule has 0 aliphatic rings. The lowest BCUT2D eigenvalue weighted by atomic mass is 10.1. The molecule has 1 N–H and O–H groups in total. The number of nitrogens with zero attached hydrogens (tertiary/aromatic N) is 2. The summed E-state index contributed by atoms with van der Waals surface area (Å²) in [6, 6.07) is 10.4. The third-order valence-electron chi connectivity index (χ3n) is 2.82. The first-order valence-corrected chi connectivity index (χ1v) is 6.67. The van der Waals surface area contributed by atoms with Gasteiger partial charge in [0.05, 0.1) is 16.2 Å². The zero-order chi connectivity index (χ0) is 15.4. The van der Waals surface area contributed by atoms with E-state index in [9.17, 15) is 14.5 Å². The van der Waals surface area contributed by atoms with Crippen molar-refractivity contribution < 1.29 is 9.31 Å². The summed E-state index contributed by atoms with van der Waals surface area (Å²) < 4.78 is 13.6. The molecule has 0 atom stereocenters. The van der Waals surface area contributed by atoms with E-state index < -0.39 is 10.7 Å². The summed E-state index contributed by atoms with van der Waals surface area (Å²) in [5.41, 5.74) is 1.01. The van der Waals surface area contributed by atoms with Crippen molar-refractivity contribution in [2.24, 2.45) is 0 Å². The molecule has 106 valence electrons. The highest BCUT2D eigenvalue weighted by atomic mass is 79.9. The number of hydrogen-bond donors (Lipinski definition) is 1. The first-order chi connectivity index (χ1) is 10.0. The molecular weight excluding hydrogens is 341 g/mol. The van der Waals surface area contributed by atoms with Crippen molar-refractivity contribution in [2.75, 3.05) is 5.32 Å². The molecule has 2 aromatic carbocycles. The quantitative estimate of drug-likeness (QED) is 0.668. The number of halogens is 2. The van der Waals surface area contributed by atoms with Crippen LogP contribution in [0.3, 0.4) is 0 Å². The van der Waals surface area contributed by atoms with Crippen LogP contribution in [0.1, 0.15) is 11.1 Å². The average molecular weight is 350 g/mol. The van der Waals surface area contributed by atoms with Gasteiger partial charge < -0.3 is 5.32 Å². The second kappa shape index (κ2) is 6.33. The van der Waals surface area contributed by atoms with Crippen LogP contribution in [0.2, 0.25) is 0 Å². The molecule has 0 saturated heterocycles. The predicted octanol–water partition coefficient (Wildman–Crippen LogP) is 3.98. The van der Waals surface area contributed by atoms with Gasteiger partial charge in [-0.3, -0.25) is 10.1 Å². The Labute approximate surface area is 128 Å². The van der Waals surface area contributed by atoms with Crippen molar-refractivity contribution >= 4 is 27.3 Å². The second-order valence-electron chi connectivity index (χ2n) is 4.19. The molecule has 2 rings (SSSR count). The molecule has 0 bridgehead atoms. The smallest absolute Gasteiger partial charge is 0.275 e. The van der Waals surface area contributed by atoms with Gasteiger partial charge in [-0.05, 0) is 30.3 Å². The minimum atomic E-state index is -0.508. The SMILES string of the molecule is N#Cc1cc(F)ccc1NCc1ccc(Br)cc1[N+](=O)[O-]. The monoisotopic (exact) mass is 349 g/mol. The van der Waals surface area contributed by atoms with E-state index in [4.69, 9.17) is 5.26 Å². The van der Waals surface area contributed by atoms with Crippen LogP contribution >= 0.6 is 15.9 Å². The molecule has 0 heterocycles. The minimum Gasteiger partial charge on any atom is -0.380 e. The molecular formula is C14H9BrFN3O2. The number of nitro benzene ring substituents is 1. The fourth-order valence-corrected chi connectivity index (χ4v) is 2.16. The Kier molecular flexibility index (Phi) is 4.50. The lowest BCUT2D eigenvalue weighted by Gasteiger charge is -2.09. The molecule has 21 heavy (non-hydrogen) atoms. The van der Waals surface area contributed by atoms with Crippen molar-refractivity contribution in [3.8, 4) is 6.07 Å². The van der Waals surface area contributed by atoms with E-state index in [1.807, 2.05) is 6.07 Å². The van der Waals surface area contributed by atoms with Crippen LogP contribution in [0.25, 0.3) is 0 Å². The van der Waals surface area contributed by atoms with E-state index in [0.29, 0.717) is 15.7 Å². The van der Waals surface area contributed by atoms with Crippen molar-refractivity contribution in [1.29, 1.82) is 5.26 Å². The van der Waals surface area contributed by atoms with Crippen molar-refractivity contribution in [3.05, 3.63) is 67.9 Å². The lowest BCUT2D eigenvalue weighted by molar-refractivity contribution is -0.385. The summed E-state index contributed by atoms with van der Waals surface area (Å²) >= 11 is 3.18. The van der Waals surface area contributed by atoms with Crippen LogP contribution < -0.4 is 5.32 Å². The third-order valence-corrected chi connectivity index (χ3v) is 3.31. The van der Waals surface area contributed by atoms with Gasteiger partial charge in [0, 0.05) is 22.6 Å². The molecule has 0 aromatic heterocycles. The standard InChI is InChI=1S/C14H9BrFN3O2/c15-11-2-1-9(14(6-11)19(20)21)8-18-13-4-3-12(16)5-10(13)7-17/h1-6,18H,8H2. The Hall–Kier alpha value is -2.46. The van der Waals surface area contributed by atoms with Crippen molar-refractivity contribution in [1.82, 2.24) is 0 Å². The van der Waals surface area contributed by atoms with Crippen LogP contribution in [0, 0.1) is 27.3 Å². The number of nitro groups is 1. The normalized spacial score (nSPS) is 9.95. The Bertz CT molecular complexity index is 743. The van der Waals surface area contributed by atoms with Gasteiger partial charge in [0.25, 0.3) is 5.69 Å². The maximum absolute atomic E-state index is 13.0. The predicted molar refractivity (Wildman–Crippen MR) is 79.2 cm³/mol. The lowest BCUT2D eigenvalue weighted by Crippen LogP contribution is -2.04. The molecule has 0 radical (unpaired) electrons. The third kappa shape index (κ3) is 3.55. The van der Waals surface area contributed by atoms with E-state index in [1.165, 1.54) is 18.2 Å². The fraction of sp³-hybridized carbons (Fsp3) is 0.0714. The van der Waals surface area contributed by atoms with Crippen LogP contribution in [0.4, 0.5) is 15.8 Å². The Morgan fingerprint density at radius 1 is 1.33 bits per heavy atom. The summed E-state index contributed by atoms with van der Waals surface area (Å²) in [7, 11) is 0. The largest absolute Gasteiger partial charge is 0.380 e. The van der Waals surface area contributed by atoms with Crippen LogP contribution in [-0.4, -0.2) is 4.92 Å². The van der Waals surface area contributed by atoms with E-state index in [2.05, 4.69) is 21.2 Å². The Balaban J connectivity index is 2.25. The number of hydrogen-bond acceptors (Lipinski definition) is 4. The first-order valence-electron chi connectivity index (χ1n) is 5.87. The van der Waals surface area contributed by atoms with E-state index in [0.717, 1.165) is 6.07 Å². The number of anilines is 1. The van der Waals surface area contributed by atoms with Gasteiger partial charge in [0.1, 0.15) is 11.9 Å². The maximum Gasteiger partial charge on any atom is 0.275 e. The molecule has 0 amide bonds. The van der Waals surface area contributed by atoms with Crippen LogP contribution in [0.5, 0.6) is 0 Å². The zero-order valence-corrected chi connectivity index (χ0v) is 12.2. The van der Waals surface area contributed by atoms with Gasteiger partial charge in [-0.25, -0.2) is 4.39 Å². The molecule has 5 nitrogen and oxygen atoms in total. The van der Waals surface area contributed by atoms with Gasteiger partial charge in [-0.1, -0.05) is 15.9 Å². The van der Waals surface area contributed by atoms with Crippen LogP contribution in [0.15, 0.2) is 40.9 Å². The molecule has 0 aliphatic heterocycles. The summed E-state index contributed by atoms with van der Waals surface area (Å²) in [6.45, 7) is 0.157. The van der Waals surface area contributed by atoms with Crippen molar-refractivity contribution in [2.45, 2.75) is 6.54 Å². The van der Waals surface area contributed by atoms with Gasteiger partial charge in [0.15, 0.2) is 0 Å². The molecule has 0 fully saturated rings. The summed E-state index contributed by atoms with van der Waals surface area (Å²) in [5.74, 6) is -0.508. The summed E-state index contributed by atoms with van der Waals surface area (Å²) in [4.78, 5) is 10.5. The maximum atomic E-state index is 13.0. The number of benzene rings is 2. The molecule has 0 unspecified atom stereocenters. The summed E-state index contributed by atoms with van der Waals surface area (Å²) in [5, 5.41) is 22.9. The summed E-state index contributed by atoms with van der Waals surface area (Å²) in [6.07, 6.45) is 0. The second-order valence-corrected chi connectivity index (χ2v) is 5.10. The zero-order valence-electron chi connectivity index (χ0n) is 10.6. The first kappa shape index (κ1) is 14.9. The van der Waals surface area contributed by atoms with Crippen molar-refractivity contribution in [3.63, 3.8) is 0 Å². The highest BCUT2D eigenvalue weighted by Gasteiger charge is 2.14. The van der Waals surface area contributed by atoms with E-state index >= 15 is 0 Å². The molecule has 0 spiro atoms. The van der Waals surface area contributed by atoms with Gasteiger partial charge >= 0.3 is 0 Å². The molecule has 7 heteroatoms. The highest BCUT2D eigenvalue weighted by molar-refractivity contribution is 9.10. The van der Waals surface area contributed by atoms with Gasteiger partial charge in [0.2, 0.25) is 0 Å². The van der Waals surface area contributed by atoms with Gasteiger partial charge in [-0.15, -0.1) is 0 Å². The molecule has 0 saturated carbocycles. The van der Waals surface area contributed by atoms with Crippen LogP contribution in [-0.2, 0) is 6.54 Å². The Morgan fingerprint density at radius 3 is 2.76 bits per heavy atom. The number of nitriles is 1. The van der Waals surface area contributed by atoms with E-state index in [1.54, 1.807) is 12.1 Å². The number of nitrogens with one attached hydrogen (secondary N) is 1. The fourth-order valence-electron chi connectivity index (χ4n) is 1.81.